The molecule has 4 aromatic carbocycles. The number of Topliss-reactive ketones (excluding diaryl/α,β-unsaturated/α-hetero) is 2. The van der Waals surface area contributed by atoms with E-state index >= 15 is 0 Å². The van der Waals surface area contributed by atoms with Crippen molar-refractivity contribution in [1.29, 1.82) is 0 Å². The molecule has 2 nitrogen and oxygen atoms in total. The average Bonchev–Trinajstić information content (AvgIpc) is 3.85. The molecule has 10 heterocycles. The molecule has 1 spiro atoms. The van der Waals surface area contributed by atoms with Gasteiger partial charge in [-0.15, -0.1) is 0 Å². The second-order valence-electron chi connectivity index (χ2n) is 15.6. The van der Waals surface area contributed by atoms with Gasteiger partial charge in [-0.25, -0.2) is 0 Å². The molecule has 14 rings (SSSR count). The van der Waals surface area contributed by atoms with Gasteiger partial charge in [-0.05, 0) is 0 Å². The third-order valence-electron chi connectivity index (χ3n) is 19.5. The summed E-state index contributed by atoms with van der Waals surface area (Å²) in [5.41, 5.74) is 1.90. The number of carbonyl (C=O) groups excluding carboxylic acids is 2. The van der Waals surface area contributed by atoms with Gasteiger partial charge in [0.2, 0.25) is 0 Å². The van der Waals surface area contributed by atoms with Gasteiger partial charge in [0.15, 0.2) is 0 Å². The van der Waals surface area contributed by atoms with Crippen LogP contribution in [0.3, 0.4) is 0 Å². The maximum atomic E-state index is 14.7. The average molecular weight is 494 g/mol. The number of fused-ring (bicyclic) bond motifs is 12. The summed E-state index contributed by atoms with van der Waals surface area (Å²) in [5, 5.41) is 4.76. The van der Waals surface area contributed by atoms with E-state index < -0.39 is 6.51 Å². The van der Waals surface area contributed by atoms with E-state index in [0.717, 1.165) is 49.7 Å². The van der Waals surface area contributed by atoms with E-state index in [1.807, 2.05) is 0 Å². The van der Waals surface area contributed by atoms with Gasteiger partial charge in [0.05, 0.1) is 0 Å². The van der Waals surface area contributed by atoms with E-state index in [4.69, 9.17) is 0 Å². The van der Waals surface area contributed by atoms with E-state index in [2.05, 4.69) is 84.9 Å². The standard InChI is InChI=1S/2C16H11O.Fe/c2*17-16(13-6-2-3-7-13)15-10-9-12-5-1-4-8-14(12)11-15;/h2*1-11H;. The van der Waals surface area contributed by atoms with Gasteiger partial charge in [0.25, 0.3) is 0 Å². The fraction of sp³-hybridized carbons (Fsp3) is 0.312. The number of hydrogen-bond acceptors (Lipinski definition) is 2. The zero-order valence-corrected chi connectivity index (χ0v) is 20.0. The Bertz CT molecular complexity index is 2170. The zero-order valence-electron chi connectivity index (χ0n) is 18.9. The van der Waals surface area contributed by atoms with Crippen molar-refractivity contribution in [3.05, 3.63) is 96.1 Å². The van der Waals surface area contributed by atoms with Crippen LogP contribution in [-0.2, 0) is 6.51 Å². The molecule has 170 valence electrons. The van der Waals surface area contributed by atoms with Crippen molar-refractivity contribution in [3.8, 4) is 0 Å². The fourth-order valence-electron chi connectivity index (χ4n) is 20.9. The van der Waals surface area contributed by atoms with E-state index in [1.165, 1.54) is 21.5 Å². The number of hydrogen-bond donors (Lipinski definition) is 0. The van der Waals surface area contributed by atoms with Crippen molar-refractivity contribution in [2.24, 2.45) is 0 Å². The first kappa shape index (κ1) is 15.4. The molecule has 8 unspecified atom stereocenters. The Balaban J connectivity index is 1.03. The molecule has 10 aliphatic heterocycles. The molecule has 0 saturated carbocycles. The van der Waals surface area contributed by atoms with Crippen LogP contribution in [-0.4, -0.2) is 11.6 Å². The predicted octanol–water partition coefficient (Wildman–Crippen LogP) is 8.19. The van der Waals surface area contributed by atoms with Crippen LogP contribution in [0.2, 0.25) is 47.2 Å². The summed E-state index contributed by atoms with van der Waals surface area (Å²) < 4.78 is 0.00668. The Hall–Kier alpha value is -2.74. The van der Waals surface area contributed by atoms with Crippen molar-refractivity contribution in [2.45, 2.75) is 47.2 Å². The Morgan fingerprint density at radius 3 is 1.26 bits per heavy atom. The molecule has 10 fully saturated rings. The summed E-state index contributed by atoms with van der Waals surface area (Å²) in [6.07, 6.45) is 0. The number of rotatable bonds is 4. The summed E-state index contributed by atoms with van der Waals surface area (Å²) in [4.78, 5) is 35.8. The van der Waals surface area contributed by atoms with Gasteiger partial charge < -0.3 is 0 Å². The monoisotopic (exact) mass is 494 g/mol. The molecule has 10 saturated heterocycles. The normalized spacial score (nSPS) is 65.9. The number of carbonyl (C=O) groups is 2. The van der Waals surface area contributed by atoms with Crippen LogP contribution < -0.4 is 0 Å². The first-order valence-electron chi connectivity index (χ1n) is 13.2. The molecule has 0 N–H and O–H groups in total. The van der Waals surface area contributed by atoms with Crippen LogP contribution in [0.5, 0.6) is 0 Å². The van der Waals surface area contributed by atoms with E-state index in [1.54, 1.807) is 0 Å². The van der Waals surface area contributed by atoms with Crippen LogP contribution in [0.25, 0.3) is 21.5 Å². The van der Waals surface area contributed by atoms with Crippen molar-refractivity contribution in [2.75, 3.05) is 0 Å². The van der Waals surface area contributed by atoms with Crippen LogP contribution in [0.4, 0.5) is 0 Å². The van der Waals surface area contributed by atoms with Crippen molar-refractivity contribution < 1.29 is 16.1 Å². The Kier molecular flexibility index (Phi) is 0.931. The summed E-state index contributed by atoms with van der Waals surface area (Å²) in [6, 6.07) is 29.6. The van der Waals surface area contributed by atoms with Gasteiger partial charge >= 0.3 is 192 Å². The zero-order chi connectivity index (χ0) is 22.5. The van der Waals surface area contributed by atoms with Crippen molar-refractivity contribution in [1.82, 2.24) is 0 Å². The van der Waals surface area contributed by atoms with Crippen molar-refractivity contribution in [3.63, 3.8) is 0 Å². The first-order valence-corrected chi connectivity index (χ1v) is 19.4. The Morgan fingerprint density at radius 1 is 0.514 bits per heavy atom. The number of benzene rings is 4. The van der Waals surface area contributed by atoms with Crippen LogP contribution in [0.1, 0.15) is 20.7 Å². The Labute approximate surface area is 192 Å². The molecular weight excluding hydrogens is 472 g/mol. The summed E-state index contributed by atoms with van der Waals surface area (Å²) >= 11 is 0. The quantitative estimate of drug-likeness (QED) is 0.212. The molecule has 0 aliphatic carbocycles. The minimum atomic E-state index is -4.27. The molecule has 8 atom stereocenters. The molecule has 3 heteroatoms. The maximum absolute atomic E-state index is 14.7. The van der Waals surface area contributed by atoms with Gasteiger partial charge in [-0.1, -0.05) is 0 Å². The van der Waals surface area contributed by atoms with E-state index in [0.29, 0.717) is 11.6 Å². The minimum absolute atomic E-state index is 0.00334. The first-order chi connectivity index (χ1) is 16.9. The summed E-state index contributed by atoms with van der Waals surface area (Å²) in [6.45, 7) is -4.27. The van der Waals surface area contributed by atoms with Crippen LogP contribution in [0, 0.1) is 0 Å². The van der Waals surface area contributed by atoms with Crippen molar-refractivity contribution >= 4 is 33.1 Å². The predicted molar refractivity (Wildman–Crippen MR) is 132 cm³/mol. The molecule has 10 aliphatic rings. The van der Waals surface area contributed by atoms with Gasteiger partial charge in [0.1, 0.15) is 0 Å². The second kappa shape index (κ2) is 2.12. The van der Waals surface area contributed by atoms with Gasteiger partial charge in [-0.3, -0.25) is 0 Å². The number of ketones is 2. The van der Waals surface area contributed by atoms with E-state index in [9.17, 15) is 9.59 Å². The third-order valence-corrected chi connectivity index (χ3v) is 62.2. The molecule has 0 aromatic heterocycles. The van der Waals surface area contributed by atoms with Crippen LogP contribution >= 0.6 is 0 Å². The molecule has 35 heavy (non-hydrogen) atoms. The van der Waals surface area contributed by atoms with Crippen LogP contribution in [0.15, 0.2) is 84.9 Å². The SMILES string of the molecule is O=C(c1ccc2ccccc2c1)[C]12[CH]3[CH]4[CH]5[CH]1[Fe]45321678[CH]2[CH]1[CH]6[C]7(C(=O)c1ccc3ccccc3c1)[CH]28. The fourth-order valence-corrected chi connectivity index (χ4v) is 96.3. The Morgan fingerprint density at radius 2 is 0.886 bits per heavy atom. The summed E-state index contributed by atoms with van der Waals surface area (Å²) in [7, 11) is 0. The molecule has 0 amide bonds. The van der Waals surface area contributed by atoms with Gasteiger partial charge in [-0.2, -0.15) is 0 Å². The molecule has 0 radical (unpaired) electrons. The van der Waals surface area contributed by atoms with E-state index in [-0.39, 0.29) is 8.63 Å². The second-order valence-corrected chi connectivity index (χ2v) is 38.8. The van der Waals surface area contributed by atoms with Gasteiger partial charge in [0, 0.05) is 0 Å². The molecule has 0 bridgehead atoms. The molecular formula is C32H22FeO2. The molecule has 4 aromatic rings. The topological polar surface area (TPSA) is 34.1 Å². The summed E-state index contributed by atoms with van der Waals surface area (Å²) in [5.74, 6) is 1.00. The third kappa shape index (κ3) is 0.334.